The van der Waals surface area contributed by atoms with E-state index in [0.29, 0.717) is 19.3 Å². The highest BCUT2D eigenvalue weighted by molar-refractivity contribution is 7.47. The lowest BCUT2D eigenvalue weighted by Crippen LogP contribution is -2.30. The summed E-state index contributed by atoms with van der Waals surface area (Å²) in [6, 6.07) is 0. The molecule has 0 fully saturated rings. The number of hydrogen-bond acceptors (Lipinski definition) is 14. The van der Waals surface area contributed by atoms with Crippen LogP contribution < -0.4 is 0 Å². The molecule has 113 heavy (non-hydrogen) atoms. The van der Waals surface area contributed by atoms with Crippen LogP contribution in [0, 0.1) is 0 Å². The van der Waals surface area contributed by atoms with E-state index in [4.69, 9.17) is 32.3 Å². The van der Waals surface area contributed by atoms with E-state index in [1.54, 1.807) is 0 Å². The number of aliphatic hydroxyl groups is 2. The van der Waals surface area contributed by atoms with Gasteiger partial charge in [-0.3, -0.25) is 32.5 Å². The van der Waals surface area contributed by atoms with Crippen molar-refractivity contribution in [2.45, 2.75) is 360 Å². The minimum atomic E-state index is -4.95. The van der Waals surface area contributed by atoms with Gasteiger partial charge in [-0.15, -0.1) is 0 Å². The second kappa shape index (κ2) is 86.0. The molecule has 0 bridgehead atoms. The average molecular weight is 1620 g/mol. The Balaban J connectivity index is 4.63. The van der Waals surface area contributed by atoms with Gasteiger partial charge in [0, 0.05) is 19.3 Å². The second-order valence-electron chi connectivity index (χ2n) is 28.9. The van der Waals surface area contributed by atoms with Gasteiger partial charge in [0.05, 0.1) is 26.4 Å². The number of carbonyl (C=O) groups is 3. The maximum Gasteiger partial charge on any atom is 0.472 e. The fraction of sp³-hybridized carbons (Fsp3) is 0.653. The molecule has 0 saturated carbocycles. The number of phosphoric ester groups is 2. The Morgan fingerprint density at radius 1 is 0.257 bits per heavy atom. The second-order valence-corrected chi connectivity index (χ2v) is 31.8. The summed E-state index contributed by atoms with van der Waals surface area (Å²) in [7, 11) is -9.82. The third kappa shape index (κ3) is 87.3. The molecule has 4 N–H and O–H groups in total. The molecule has 5 atom stereocenters. The number of phosphoric acid groups is 2. The van der Waals surface area contributed by atoms with Crippen LogP contribution in [-0.2, 0) is 55.8 Å². The van der Waals surface area contributed by atoms with Crippen LogP contribution in [0.4, 0.5) is 0 Å². The SMILES string of the molecule is CC/C=C\C/C=C\C/C=C\C/C=C\C/C=C\C/C=C\CCCCCCCCC(=O)OCC(COP(=O)(O)OCC(O)COP(=O)(O)OCC(O)COC(=O)CCCCCCCCCCCCCCCCC/C=C\C/C=C\C/C=C\C/C=C\C/C=C\CC)OC(=O)CCCCCCC/C=C\C/C=C\C/C=C\C/C=C\CCCCC. The third-order valence-corrected chi connectivity index (χ3v) is 20.0. The molecule has 0 aromatic rings. The zero-order chi connectivity index (χ0) is 82.2. The first-order valence-electron chi connectivity index (χ1n) is 44.1. The summed E-state index contributed by atoms with van der Waals surface area (Å²) >= 11 is 0. The monoisotopic (exact) mass is 1620 g/mol. The van der Waals surface area contributed by atoms with Crippen LogP contribution in [0.3, 0.4) is 0 Å². The predicted molar refractivity (Wildman–Crippen MR) is 472 cm³/mol. The van der Waals surface area contributed by atoms with Crippen LogP contribution >= 0.6 is 15.6 Å². The minimum Gasteiger partial charge on any atom is -0.463 e. The van der Waals surface area contributed by atoms with Crippen LogP contribution in [-0.4, -0.2) is 95.9 Å². The number of hydrogen-bond donors (Lipinski definition) is 4. The molecule has 16 nitrogen and oxygen atoms in total. The minimum absolute atomic E-state index is 0.0738. The van der Waals surface area contributed by atoms with E-state index < -0.39 is 91.5 Å². The molecule has 644 valence electrons. The zero-order valence-electron chi connectivity index (χ0n) is 70.7. The molecule has 0 amide bonds. The van der Waals surface area contributed by atoms with Crippen molar-refractivity contribution in [3.63, 3.8) is 0 Å². The lowest BCUT2D eigenvalue weighted by molar-refractivity contribution is -0.161. The molecule has 0 saturated heterocycles. The Morgan fingerprint density at radius 3 is 0.743 bits per heavy atom. The Bertz CT molecular complexity index is 2780. The smallest absolute Gasteiger partial charge is 0.463 e. The highest BCUT2D eigenvalue weighted by Gasteiger charge is 2.29. The summed E-state index contributed by atoms with van der Waals surface area (Å²) in [6.45, 7) is 2.40. The normalized spacial score (nSPS) is 14.7. The van der Waals surface area contributed by atoms with Gasteiger partial charge in [-0.25, -0.2) is 9.13 Å². The summed E-state index contributed by atoms with van der Waals surface area (Å²) in [5.74, 6) is -1.62. The molecule has 0 aromatic carbocycles. The van der Waals surface area contributed by atoms with Crippen molar-refractivity contribution in [2.24, 2.45) is 0 Å². The van der Waals surface area contributed by atoms with Crippen molar-refractivity contribution in [3.8, 4) is 0 Å². The van der Waals surface area contributed by atoms with Crippen LogP contribution in [0.1, 0.15) is 342 Å². The number of ether oxygens (including phenoxy) is 3. The Kier molecular flexibility index (Phi) is 81.9. The number of rotatable bonds is 82. The molecule has 0 spiro atoms. The zero-order valence-corrected chi connectivity index (χ0v) is 72.5. The van der Waals surface area contributed by atoms with Gasteiger partial charge in [0.15, 0.2) is 6.10 Å². The van der Waals surface area contributed by atoms with Crippen molar-refractivity contribution in [1.29, 1.82) is 0 Å². The number of unbranched alkanes of at least 4 members (excludes halogenated alkanes) is 29. The highest BCUT2D eigenvalue weighted by Crippen LogP contribution is 2.45. The average Bonchev–Trinajstić information content (AvgIpc) is 0.899. The fourth-order valence-electron chi connectivity index (χ4n) is 11.5. The quantitative estimate of drug-likeness (QED) is 0.0146. The van der Waals surface area contributed by atoms with Crippen LogP contribution in [0.5, 0.6) is 0 Å². The fourth-order valence-corrected chi connectivity index (χ4v) is 13.1. The third-order valence-electron chi connectivity index (χ3n) is 18.1. The van der Waals surface area contributed by atoms with Crippen molar-refractivity contribution < 1.29 is 75.8 Å². The summed E-state index contributed by atoms with van der Waals surface area (Å²) in [4.78, 5) is 58.9. The summed E-state index contributed by atoms with van der Waals surface area (Å²) < 4.78 is 61.4. The van der Waals surface area contributed by atoms with E-state index in [9.17, 15) is 43.5 Å². The maximum absolute atomic E-state index is 13.0. The van der Waals surface area contributed by atoms with Crippen molar-refractivity contribution in [1.82, 2.24) is 0 Å². The van der Waals surface area contributed by atoms with Gasteiger partial charge in [0.25, 0.3) is 0 Å². The largest absolute Gasteiger partial charge is 0.472 e. The lowest BCUT2D eigenvalue weighted by Gasteiger charge is -2.21. The first kappa shape index (κ1) is 108. The van der Waals surface area contributed by atoms with Gasteiger partial charge in [0.2, 0.25) is 0 Å². The summed E-state index contributed by atoms with van der Waals surface area (Å²) in [5, 5.41) is 20.7. The van der Waals surface area contributed by atoms with Crippen LogP contribution in [0.25, 0.3) is 0 Å². The van der Waals surface area contributed by atoms with E-state index >= 15 is 0 Å². The molecular formula is C95H158O16P2. The predicted octanol–water partition coefficient (Wildman–Crippen LogP) is 26.9. The Hall–Kier alpha value is -5.35. The molecule has 18 heteroatoms. The standard InChI is InChI=1S/C95H158O16P2/c1-4-7-10-13-16-19-22-25-28-31-34-37-39-41-42-43-44-45-46-48-50-52-54-57-60-63-66-69-72-75-78-81-93(98)105-84-90(96)85-107-112(101,102)108-86-91(97)87-109-113(103,104)110-89-92(111-95(100)83-80-77-74-71-68-65-62-59-56-51-36-33-30-27-24-21-18-15-12-9-6-3)88-106-94(99)82-79-76-73-70-67-64-61-58-55-53-49-47-40-38-35-32-29-26-23-20-17-14-11-8-5-2/h7-8,10-11,16-21,25-30,34-38,41-42,47,49,51,55,58-59,62,90-92,96-97H,4-6,9,12-15,22-24,31-33,39-40,43-46,48,50,52-54,56-57,60-61,63-89H2,1-3H3,(H,101,102)(H,103,104)/b10-7-,11-8-,19-16-,20-17-,21-18-,28-25-,29-26-,30-27-,37-34-,38-35-,42-41-,49-47-,51-36-,58-55-,62-59-. The molecule has 0 heterocycles. The highest BCUT2D eigenvalue weighted by atomic mass is 31.2. The first-order valence-corrected chi connectivity index (χ1v) is 47.1. The van der Waals surface area contributed by atoms with E-state index in [1.807, 2.05) is 0 Å². The molecule has 0 aliphatic heterocycles. The first-order chi connectivity index (χ1) is 55.2. The van der Waals surface area contributed by atoms with E-state index in [2.05, 4.69) is 203 Å². The molecule has 0 rings (SSSR count). The molecular weight excluding hydrogens is 1460 g/mol. The maximum atomic E-state index is 13.0. The van der Waals surface area contributed by atoms with Gasteiger partial charge in [-0.05, 0) is 161 Å². The number of carbonyl (C=O) groups excluding carboxylic acids is 3. The van der Waals surface area contributed by atoms with Crippen LogP contribution in [0.2, 0.25) is 0 Å². The molecule has 0 aromatic heterocycles. The van der Waals surface area contributed by atoms with Gasteiger partial charge in [-0.1, -0.05) is 344 Å². The molecule has 0 radical (unpaired) electrons. The summed E-state index contributed by atoms with van der Waals surface area (Å²) in [6.07, 6.45) is 112. The van der Waals surface area contributed by atoms with Gasteiger partial charge in [-0.2, -0.15) is 0 Å². The van der Waals surface area contributed by atoms with Crippen molar-refractivity contribution in [2.75, 3.05) is 39.6 Å². The van der Waals surface area contributed by atoms with Crippen molar-refractivity contribution in [3.05, 3.63) is 182 Å². The molecule has 0 aliphatic carbocycles. The molecule has 5 unspecified atom stereocenters. The van der Waals surface area contributed by atoms with E-state index in [1.165, 1.54) is 96.3 Å². The van der Waals surface area contributed by atoms with Gasteiger partial charge >= 0.3 is 33.6 Å². The lowest BCUT2D eigenvalue weighted by atomic mass is 10.0. The van der Waals surface area contributed by atoms with Crippen LogP contribution in [0.15, 0.2) is 182 Å². The topological polar surface area (TPSA) is 231 Å². The van der Waals surface area contributed by atoms with E-state index in [-0.39, 0.29) is 19.3 Å². The number of esters is 3. The molecule has 0 aliphatic rings. The van der Waals surface area contributed by atoms with Gasteiger partial charge in [0.1, 0.15) is 25.4 Å². The number of aliphatic hydroxyl groups excluding tert-OH is 2. The number of allylic oxidation sites excluding steroid dienone is 30. The Labute approximate surface area is 687 Å². The van der Waals surface area contributed by atoms with Gasteiger partial charge < -0.3 is 34.2 Å². The Morgan fingerprint density at radius 2 is 0.469 bits per heavy atom. The summed E-state index contributed by atoms with van der Waals surface area (Å²) in [5.41, 5.74) is 0. The van der Waals surface area contributed by atoms with E-state index in [0.717, 1.165) is 186 Å². The van der Waals surface area contributed by atoms with Crippen molar-refractivity contribution >= 4 is 33.6 Å².